The number of fused-ring (bicyclic) bond motifs is 1. The Bertz CT molecular complexity index is 910. The van der Waals surface area contributed by atoms with Crippen LogP contribution in [0.5, 0.6) is 0 Å². The van der Waals surface area contributed by atoms with Crippen LogP contribution in [-0.4, -0.2) is 51.8 Å². The number of pyridine rings is 1. The van der Waals surface area contributed by atoms with E-state index in [9.17, 15) is 9.90 Å². The van der Waals surface area contributed by atoms with Gasteiger partial charge in [0, 0.05) is 32.9 Å². The maximum Gasteiger partial charge on any atom is 0.250 e. The Kier molecular flexibility index (Phi) is 5.71. The zero-order valence-corrected chi connectivity index (χ0v) is 17.8. The Morgan fingerprint density at radius 2 is 2.03 bits per heavy atom. The Balaban J connectivity index is 0.00000272. The molecule has 2 aliphatic rings. The molecule has 4 heterocycles. The summed E-state index contributed by atoms with van der Waals surface area (Å²) in [4.78, 5) is 28.3. The number of nitrogens with one attached hydrogen (secondary N) is 1. The second-order valence-electron chi connectivity index (χ2n) is 8.62. The van der Waals surface area contributed by atoms with Crippen molar-refractivity contribution in [1.29, 1.82) is 0 Å². The van der Waals surface area contributed by atoms with Gasteiger partial charge in [0.25, 0.3) is 0 Å². The maximum atomic E-state index is 12.9. The standard InChI is InChI=1S/C22H29N5O3.H2/c1-14-21(28)27(9-6-15-7-10-30-11-8-15)20-19(25-14)24-13-17(26-20)16-4-5-18(23-12-16)22(2,3)29;/h4-5,12-15,29H,6-11H2,1-3H3,(H,24,25);1H/t14-;/m0./s1. The molecule has 2 aliphatic heterocycles. The summed E-state index contributed by atoms with van der Waals surface area (Å²) < 4.78 is 5.45. The van der Waals surface area contributed by atoms with E-state index in [1.807, 2.05) is 13.0 Å². The normalized spacial score (nSPS) is 20.1. The third-order valence-corrected chi connectivity index (χ3v) is 5.79. The number of aliphatic hydroxyl groups is 1. The molecule has 30 heavy (non-hydrogen) atoms. The third kappa shape index (κ3) is 4.29. The van der Waals surface area contributed by atoms with Crippen molar-refractivity contribution in [3.63, 3.8) is 0 Å². The SMILES string of the molecule is C[C@@H]1Nc2ncc(-c3ccc(C(C)(C)O)nc3)nc2N(CCC2CCOCC2)C1=O.[HH]. The molecule has 0 radical (unpaired) electrons. The van der Waals surface area contributed by atoms with Crippen LogP contribution in [0.1, 0.15) is 47.2 Å². The van der Waals surface area contributed by atoms with E-state index in [2.05, 4.69) is 15.3 Å². The largest absolute Gasteiger partial charge is 0.384 e. The smallest absolute Gasteiger partial charge is 0.250 e. The van der Waals surface area contributed by atoms with E-state index in [1.165, 1.54) is 0 Å². The number of carbonyl (C=O) groups is 1. The molecule has 0 aromatic carbocycles. The van der Waals surface area contributed by atoms with E-state index < -0.39 is 5.60 Å². The van der Waals surface area contributed by atoms with Gasteiger partial charge in [-0.1, -0.05) is 0 Å². The van der Waals surface area contributed by atoms with E-state index in [-0.39, 0.29) is 13.4 Å². The van der Waals surface area contributed by atoms with Gasteiger partial charge in [-0.2, -0.15) is 0 Å². The highest BCUT2D eigenvalue weighted by Gasteiger charge is 2.32. The lowest BCUT2D eigenvalue weighted by Crippen LogP contribution is -2.47. The highest BCUT2D eigenvalue weighted by atomic mass is 16.5. The highest BCUT2D eigenvalue weighted by Crippen LogP contribution is 2.32. The summed E-state index contributed by atoms with van der Waals surface area (Å²) in [5, 5.41) is 13.3. The Labute approximate surface area is 178 Å². The zero-order valence-electron chi connectivity index (χ0n) is 17.8. The van der Waals surface area contributed by atoms with Gasteiger partial charge < -0.3 is 15.2 Å². The number of carbonyl (C=O) groups excluding carboxylic acids is 1. The van der Waals surface area contributed by atoms with Crippen molar-refractivity contribution >= 4 is 17.5 Å². The molecular weight excluding hydrogens is 382 g/mol. The highest BCUT2D eigenvalue weighted by molar-refractivity contribution is 6.03. The van der Waals surface area contributed by atoms with Crippen LogP contribution in [0.25, 0.3) is 11.3 Å². The zero-order chi connectivity index (χ0) is 21.3. The molecule has 2 aromatic rings. The van der Waals surface area contributed by atoms with E-state index in [1.54, 1.807) is 37.2 Å². The Hall–Kier alpha value is -2.58. The first-order chi connectivity index (χ1) is 14.3. The quantitative estimate of drug-likeness (QED) is 0.777. The lowest BCUT2D eigenvalue weighted by Gasteiger charge is -2.33. The lowest BCUT2D eigenvalue weighted by atomic mass is 9.96. The van der Waals surface area contributed by atoms with Gasteiger partial charge in [0.1, 0.15) is 11.6 Å². The van der Waals surface area contributed by atoms with Crippen molar-refractivity contribution in [1.82, 2.24) is 15.0 Å². The number of ether oxygens (including phenoxy) is 1. The van der Waals surface area contributed by atoms with Crippen LogP contribution in [0.2, 0.25) is 0 Å². The molecule has 1 fully saturated rings. The summed E-state index contributed by atoms with van der Waals surface area (Å²) in [6, 6.07) is 3.31. The first-order valence-electron chi connectivity index (χ1n) is 10.5. The van der Waals surface area contributed by atoms with Gasteiger partial charge >= 0.3 is 0 Å². The van der Waals surface area contributed by atoms with Gasteiger partial charge in [0.15, 0.2) is 11.6 Å². The summed E-state index contributed by atoms with van der Waals surface area (Å²) in [6.07, 6.45) is 6.36. The molecule has 1 atom stereocenters. The second-order valence-corrected chi connectivity index (χ2v) is 8.62. The van der Waals surface area contributed by atoms with Crippen molar-refractivity contribution in [2.24, 2.45) is 5.92 Å². The molecule has 1 saturated heterocycles. The minimum Gasteiger partial charge on any atom is -0.384 e. The molecule has 2 N–H and O–H groups in total. The van der Waals surface area contributed by atoms with Crippen molar-refractivity contribution in [3.8, 4) is 11.3 Å². The first kappa shape index (κ1) is 20.7. The van der Waals surface area contributed by atoms with Gasteiger partial charge in [0.2, 0.25) is 5.91 Å². The Morgan fingerprint density at radius 3 is 2.70 bits per heavy atom. The molecule has 2 aromatic heterocycles. The molecule has 4 rings (SSSR count). The second kappa shape index (κ2) is 8.28. The van der Waals surface area contributed by atoms with Crippen LogP contribution in [0, 0.1) is 5.92 Å². The van der Waals surface area contributed by atoms with Crippen molar-refractivity contribution in [2.75, 3.05) is 30.0 Å². The van der Waals surface area contributed by atoms with Crippen LogP contribution in [0.4, 0.5) is 11.6 Å². The number of nitrogens with zero attached hydrogens (tertiary/aromatic N) is 4. The van der Waals surface area contributed by atoms with Gasteiger partial charge in [-0.05, 0) is 58.1 Å². The summed E-state index contributed by atoms with van der Waals surface area (Å²) in [6.45, 7) is 7.46. The first-order valence-corrected chi connectivity index (χ1v) is 10.5. The topological polar surface area (TPSA) is 100 Å². The molecular formula is C22H31N5O3. The number of hydrogen-bond acceptors (Lipinski definition) is 7. The maximum absolute atomic E-state index is 12.9. The summed E-state index contributed by atoms with van der Waals surface area (Å²) in [5.41, 5.74) is 1.01. The predicted octanol–water partition coefficient (Wildman–Crippen LogP) is 2.98. The average molecular weight is 414 g/mol. The van der Waals surface area contributed by atoms with Crippen LogP contribution in [-0.2, 0) is 15.1 Å². The van der Waals surface area contributed by atoms with Crippen LogP contribution >= 0.6 is 0 Å². The molecule has 8 nitrogen and oxygen atoms in total. The lowest BCUT2D eigenvalue weighted by molar-refractivity contribution is -0.119. The fourth-order valence-electron chi connectivity index (χ4n) is 3.88. The summed E-state index contributed by atoms with van der Waals surface area (Å²) >= 11 is 0. The van der Waals surface area contributed by atoms with Gasteiger partial charge in [-0.15, -0.1) is 0 Å². The van der Waals surface area contributed by atoms with Gasteiger partial charge in [-0.3, -0.25) is 14.7 Å². The molecule has 1 amide bonds. The fourth-order valence-corrected chi connectivity index (χ4v) is 3.88. The minimum absolute atomic E-state index is 0. The third-order valence-electron chi connectivity index (χ3n) is 5.79. The van der Waals surface area contributed by atoms with E-state index >= 15 is 0 Å². The number of amides is 1. The number of aromatic nitrogens is 3. The molecule has 0 aliphatic carbocycles. The summed E-state index contributed by atoms with van der Waals surface area (Å²) in [5.74, 6) is 1.76. The number of hydrogen-bond donors (Lipinski definition) is 2. The fraction of sp³-hybridized carbons (Fsp3) is 0.545. The molecule has 0 unspecified atom stereocenters. The van der Waals surface area contributed by atoms with Crippen LogP contribution in [0.3, 0.4) is 0 Å². The molecule has 0 saturated carbocycles. The molecule has 162 valence electrons. The average Bonchev–Trinajstić information content (AvgIpc) is 2.74. The number of rotatable bonds is 5. The van der Waals surface area contributed by atoms with E-state index in [4.69, 9.17) is 9.72 Å². The molecule has 8 heteroatoms. The molecule has 0 bridgehead atoms. The number of anilines is 2. The van der Waals surface area contributed by atoms with Gasteiger partial charge in [-0.25, -0.2) is 9.97 Å². The monoisotopic (exact) mass is 413 g/mol. The predicted molar refractivity (Wildman–Crippen MR) is 116 cm³/mol. The van der Waals surface area contributed by atoms with Crippen LogP contribution in [0.15, 0.2) is 24.5 Å². The van der Waals surface area contributed by atoms with Gasteiger partial charge in [0.05, 0.1) is 17.6 Å². The summed E-state index contributed by atoms with van der Waals surface area (Å²) in [7, 11) is 0. The molecule has 0 spiro atoms. The van der Waals surface area contributed by atoms with E-state index in [0.29, 0.717) is 35.5 Å². The van der Waals surface area contributed by atoms with E-state index in [0.717, 1.165) is 38.0 Å². The van der Waals surface area contributed by atoms with Crippen LogP contribution < -0.4 is 10.2 Å². The minimum atomic E-state index is -1.01. The Morgan fingerprint density at radius 1 is 1.27 bits per heavy atom. The van der Waals surface area contributed by atoms with Crippen molar-refractivity contribution in [3.05, 3.63) is 30.2 Å². The van der Waals surface area contributed by atoms with Crippen molar-refractivity contribution < 1.29 is 16.1 Å². The van der Waals surface area contributed by atoms with Crippen molar-refractivity contribution in [2.45, 2.75) is 51.7 Å².